The lowest BCUT2D eigenvalue weighted by Crippen LogP contribution is -2.30. The van der Waals surface area contributed by atoms with Crippen LogP contribution in [0.2, 0.25) is 5.02 Å². The molecule has 0 atom stereocenters. The molecule has 0 saturated heterocycles. The Morgan fingerprint density at radius 3 is 2.48 bits per heavy atom. The van der Waals surface area contributed by atoms with Crippen LogP contribution < -0.4 is 0 Å². The summed E-state index contributed by atoms with van der Waals surface area (Å²) in [5, 5.41) is 5.17. The van der Waals surface area contributed by atoms with Crippen LogP contribution >= 0.6 is 11.6 Å². The van der Waals surface area contributed by atoms with Crippen LogP contribution in [0.3, 0.4) is 0 Å². The molecule has 5 heteroatoms. The van der Waals surface area contributed by atoms with Crippen molar-refractivity contribution in [3.8, 4) is 5.69 Å². The molecule has 0 radical (unpaired) electrons. The van der Waals surface area contributed by atoms with E-state index in [1.807, 2.05) is 74.5 Å². The fraction of sp³-hybridized carbons (Fsp3) is 0.200. The standard InChI is InChI=1S/C20H20ClN3O/c1-3-23(14-16-9-7-8-12-18(16)21)20(25)19-13-15(2)24(22-19)17-10-5-4-6-11-17/h4-13H,3,14H2,1-2H3. The molecule has 1 aromatic heterocycles. The number of hydrogen-bond donors (Lipinski definition) is 0. The van der Waals surface area contributed by atoms with E-state index < -0.39 is 0 Å². The number of amides is 1. The van der Waals surface area contributed by atoms with Crippen LogP contribution in [-0.2, 0) is 6.54 Å². The van der Waals surface area contributed by atoms with Gasteiger partial charge in [-0.2, -0.15) is 5.10 Å². The van der Waals surface area contributed by atoms with E-state index in [1.54, 1.807) is 9.58 Å². The molecule has 0 unspecified atom stereocenters. The highest BCUT2D eigenvalue weighted by Gasteiger charge is 2.20. The number of benzene rings is 2. The van der Waals surface area contributed by atoms with Gasteiger partial charge in [0.1, 0.15) is 0 Å². The van der Waals surface area contributed by atoms with Crippen LogP contribution in [0.25, 0.3) is 5.69 Å². The second-order valence-electron chi connectivity index (χ2n) is 5.83. The zero-order valence-corrected chi connectivity index (χ0v) is 15.1. The maximum Gasteiger partial charge on any atom is 0.274 e. The third-order valence-corrected chi connectivity index (χ3v) is 4.46. The van der Waals surface area contributed by atoms with Gasteiger partial charge in [-0.15, -0.1) is 0 Å². The zero-order valence-electron chi connectivity index (χ0n) is 14.3. The van der Waals surface area contributed by atoms with E-state index in [4.69, 9.17) is 11.6 Å². The molecular formula is C20H20ClN3O. The predicted octanol–water partition coefficient (Wildman–Crippen LogP) is 4.50. The number of rotatable bonds is 5. The normalized spacial score (nSPS) is 10.7. The van der Waals surface area contributed by atoms with Gasteiger partial charge < -0.3 is 4.90 Å². The third kappa shape index (κ3) is 3.74. The van der Waals surface area contributed by atoms with Gasteiger partial charge in [0.15, 0.2) is 5.69 Å². The van der Waals surface area contributed by atoms with Gasteiger partial charge in [0.25, 0.3) is 5.91 Å². The first-order chi connectivity index (χ1) is 12.1. The van der Waals surface area contributed by atoms with Crippen LogP contribution in [0.1, 0.15) is 28.7 Å². The Bertz CT molecular complexity index is 874. The molecule has 25 heavy (non-hydrogen) atoms. The van der Waals surface area contributed by atoms with Crippen LogP contribution in [0.4, 0.5) is 0 Å². The van der Waals surface area contributed by atoms with E-state index in [-0.39, 0.29) is 5.91 Å². The van der Waals surface area contributed by atoms with Crippen molar-refractivity contribution in [3.63, 3.8) is 0 Å². The number of nitrogens with zero attached hydrogens (tertiary/aromatic N) is 3. The molecular weight excluding hydrogens is 334 g/mol. The maximum absolute atomic E-state index is 12.9. The van der Waals surface area contributed by atoms with Crippen molar-refractivity contribution in [2.24, 2.45) is 0 Å². The summed E-state index contributed by atoms with van der Waals surface area (Å²) >= 11 is 6.23. The fourth-order valence-electron chi connectivity index (χ4n) is 2.73. The van der Waals surface area contributed by atoms with Crippen molar-refractivity contribution in [1.82, 2.24) is 14.7 Å². The number of para-hydroxylation sites is 1. The highest BCUT2D eigenvalue weighted by atomic mass is 35.5. The number of halogens is 1. The first-order valence-corrected chi connectivity index (χ1v) is 8.62. The SMILES string of the molecule is CCN(Cc1ccccc1Cl)C(=O)c1cc(C)n(-c2ccccc2)n1. The summed E-state index contributed by atoms with van der Waals surface area (Å²) < 4.78 is 1.79. The molecule has 0 aliphatic heterocycles. The monoisotopic (exact) mass is 353 g/mol. The van der Waals surface area contributed by atoms with Gasteiger partial charge in [0, 0.05) is 23.8 Å². The van der Waals surface area contributed by atoms with Crippen LogP contribution in [-0.4, -0.2) is 27.1 Å². The third-order valence-electron chi connectivity index (χ3n) is 4.10. The Balaban J connectivity index is 1.85. The van der Waals surface area contributed by atoms with Crippen molar-refractivity contribution in [2.75, 3.05) is 6.54 Å². The first-order valence-electron chi connectivity index (χ1n) is 8.25. The topological polar surface area (TPSA) is 38.1 Å². The van der Waals surface area contributed by atoms with E-state index in [0.29, 0.717) is 23.8 Å². The molecule has 0 aliphatic rings. The minimum absolute atomic E-state index is 0.0970. The number of aromatic nitrogens is 2. The van der Waals surface area contributed by atoms with Gasteiger partial charge in [-0.1, -0.05) is 48.0 Å². The summed E-state index contributed by atoms with van der Waals surface area (Å²) in [6, 6.07) is 19.2. The lowest BCUT2D eigenvalue weighted by Gasteiger charge is -2.20. The first kappa shape index (κ1) is 17.2. The molecule has 0 N–H and O–H groups in total. The smallest absolute Gasteiger partial charge is 0.274 e. The number of carbonyl (C=O) groups is 1. The van der Waals surface area contributed by atoms with Crippen molar-refractivity contribution < 1.29 is 4.79 Å². The summed E-state index contributed by atoms with van der Waals surface area (Å²) in [7, 11) is 0. The Hall–Kier alpha value is -2.59. The van der Waals surface area contributed by atoms with Crippen LogP contribution in [0, 0.1) is 6.92 Å². The van der Waals surface area contributed by atoms with Gasteiger partial charge in [0.05, 0.1) is 5.69 Å². The van der Waals surface area contributed by atoms with Crippen molar-refractivity contribution in [2.45, 2.75) is 20.4 Å². The van der Waals surface area contributed by atoms with Crippen molar-refractivity contribution >= 4 is 17.5 Å². The minimum Gasteiger partial charge on any atom is -0.333 e. The summed E-state index contributed by atoms with van der Waals surface area (Å²) in [6.07, 6.45) is 0. The molecule has 3 aromatic rings. The molecule has 1 heterocycles. The molecule has 2 aromatic carbocycles. The van der Waals surface area contributed by atoms with E-state index in [9.17, 15) is 4.79 Å². The minimum atomic E-state index is -0.0970. The van der Waals surface area contributed by atoms with E-state index in [2.05, 4.69) is 5.10 Å². The molecule has 128 valence electrons. The Kier molecular flexibility index (Phi) is 5.19. The van der Waals surface area contributed by atoms with E-state index in [1.165, 1.54) is 0 Å². The molecule has 0 bridgehead atoms. The highest BCUT2D eigenvalue weighted by molar-refractivity contribution is 6.31. The van der Waals surface area contributed by atoms with Gasteiger partial charge in [-0.05, 0) is 43.7 Å². The molecule has 1 amide bonds. The fourth-order valence-corrected chi connectivity index (χ4v) is 2.93. The summed E-state index contributed by atoms with van der Waals surface area (Å²) in [5.41, 5.74) is 3.23. The van der Waals surface area contributed by atoms with Crippen molar-refractivity contribution in [1.29, 1.82) is 0 Å². The number of carbonyl (C=O) groups excluding carboxylic acids is 1. The zero-order chi connectivity index (χ0) is 17.8. The number of hydrogen-bond acceptors (Lipinski definition) is 2. The predicted molar refractivity (Wildman–Crippen MR) is 100 cm³/mol. The second-order valence-corrected chi connectivity index (χ2v) is 6.24. The highest BCUT2D eigenvalue weighted by Crippen LogP contribution is 2.19. The molecule has 4 nitrogen and oxygen atoms in total. The van der Waals surface area contributed by atoms with Crippen LogP contribution in [0.15, 0.2) is 60.7 Å². The Morgan fingerprint density at radius 2 is 1.80 bits per heavy atom. The average molecular weight is 354 g/mol. The quantitative estimate of drug-likeness (QED) is 0.677. The summed E-state index contributed by atoms with van der Waals surface area (Å²) in [4.78, 5) is 14.6. The Morgan fingerprint density at radius 1 is 1.12 bits per heavy atom. The second kappa shape index (κ2) is 7.53. The molecule has 3 rings (SSSR count). The number of aryl methyl sites for hydroxylation is 1. The van der Waals surface area contributed by atoms with Gasteiger partial charge in [-0.3, -0.25) is 4.79 Å². The lowest BCUT2D eigenvalue weighted by atomic mass is 10.2. The molecule has 0 fully saturated rings. The van der Waals surface area contributed by atoms with Crippen LogP contribution in [0.5, 0.6) is 0 Å². The van der Waals surface area contributed by atoms with Gasteiger partial charge in [0.2, 0.25) is 0 Å². The largest absolute Gasteiger partial charge is 0.333 e. The van der Waals surface area contributed by atoms with Gasteiger partial charge >= 0.3 is 0 Å². The summed E-state index contributed by atoms with van der Waals surface area (Å²) in [6.45, 7) is 4.95. The maximum atomic E-state index is 12.9. The summed E-state index contributed by atoms with van der Waals surface area (Å²) in [5.74, 6) is -0.0970. The van der Waals surface area contributed by atoms with E-state index in [0.717, 1.165) is 16.9 Å². The molecule has 0 saturated carbocycles. The van der Waals surface area contributed by atoms with Gasteiger partial charge in [-0.25, -0.2) is 4.68 Å². The Labute approximate surface area is 152 Å². The van der Waals surface area contributed by atoms with Crippen molar-refractivity contribution in [3.05, 3.63) is 82.6 Å². The lowest BCUT2D eigenvalue weighted by molar-refractivity contribution is 0.0746. The van der Waals surface area contributed by atoms with E-state index >= 15 is 0 Å². The average Bonchev–Trinajstić information content (AvgIpc) is 3.03. The molecule has 0 spiro atoms. The molecule has 0 aliphatic carbocycles.